The summed E-state index contributed by atoms with van der Waals surface area (Å²) >= 11 is 1.62. The fraction of sp³-hybridized carbons (Fsp3) is 0.444. The number of hydrogen-bond acceptors (Lipinski definition) is 4. The molecule has 0 saturated carbocycles. The molecular formula is C9H14N2OS. The molecule has 1 aromatic heterocycles. The SMILES string of the molecule is COCCSc1nc(C)ccc1N. The standard InChI is InChI=1S/C9H14N2OS/c1-7-3-4-8(10)9(11-7)13-6-5-12-2/h3-4H,5-6,10H2,1-2H3. The summed E-state index contributed by atoms with van der Waals surface area (Å²) in [5.74, 6) is 0.886. The molecule has 0 aliphatic rings. The van der Waals surface area contributed by atoms with Crippen LogP contribution in [0.2, 0.25) is 0 Å². The lowest BCUT2D eigenvalue weighted by atomic mass is 10.3. The number of pyridine rings is 1. The highest BCUT2D eigenvalue weighted by Gasteiger charge is 2.01. The van der Waals surface area contributed by atoms with E-state index in [1.807, 2.05) is 19.1 Å². The number of rotatable bonds is 4. The molecule has 3 nitrogen and oxygen atoms in total. The predicted octanol–water partition coefficient (Wildman–Crippen LogP) is 1.71. The van der Waals surface area contributed by atoms with E-state index < -0.39 is 0 Å². The third-order valence-electron chi connectivity index (χ3n) is 1.56. The maximum absolute atomic E-state index is 5.75. The van der Waals surface area contributed by atoms with Crippen molar-refractivity contribution in [1.29, 1.82) is 0 Å². The number of anilines is 1. The molecule has 2 N–H and O–H groups in total. The zero-order chi connectivity index (χ0) is 9.68. The number of aryl methyl sites for hydroxylation is 1. The minimum absolute atomic E-state index is 0.722. The molecular weight excluding hydrogens is 184 g/mol. The van der Waals surface area contributed by atoms with Crippen molar-refractivity contribution >= 4 is 17.4 Å². The van der Waals surface area contributed by atoms with Gasteiger partial charge in [-0.3, -0.25) is 0 Å². The number of nitrogens with two attached hydrogens (primary N) is 1. The maximum Gasteiger partial charge on any atom is 0.119 e. The van der Waals surface area contributed by atoms with E-state index in [9.17, 15) is 0 Å². The Balaban J connectivity index is 2.59. The second kappa shape index (κ2) is 5.09. The van der Waals surface area contributed by atoms with Crippen LogP contribution in [0.5, 0.6) is 0 Å². The van der Waals surface area contributed by atoms with E-state index >= 15 is 0 Å². The summed E-state index contributed by atoms with van der Waals surface area (Å²) in [5.41, 5.74) is 7.48. The van der Waals surface area contributed by atoms with Crippen molar-refractivity contribution in [2.45, 2.75) is 11.9 Å². The van der Waals surface area contributed by atoms with Crippen molar-refractivity contribution < 1.29 is 4.74 Å². The zero-order valence-corrected chi connectivity index (χ0v) is 8.73. The number of hydrogen-bond donors (Lipinski definition) is 1. The molecule has 0 fully saturated rings. The van der Waals surface area contributed by atoms with Gasteiger partial charge in [-0.2, -0.15) is 0 Å². The molecule has 0 spiro atoms. The first-order valence-electron chi connectivity index (χ1n) is 4.09. The van der Waals surface area contributed by atoms with Gasteiger partial charge in [0.05, 0.1) is 12.3 Å². The average molecular weight is 198 g/mol. The summed E-state index contributed by atoms with van der Waals surface area (Å²) < 4.78 is 4.94. The summed E-state index contributed by atoms with van der Waals surface area (Å²) in [7, 11) is 1.69. The smallest absolute Gasteiger partial charge is 0.119 e. The van der Waals surface area contributed by atoms with Crippen LogP contribution in [0.25, 0.3) is 0 Å². The van der Waals surface area contributed by atoms with Crippen LogP contribution < -0.4 is 5.73 Å². The molecule has 0 aliphatic carbocycles. The Morgan fingerprint density at radius 1 is 1.54 bits per heavy atom. The minimum atomic E-state index is 0.722. The van der Waals surface area contributed by atoms with Gasteiger partial charge in [-0.25, -0.2) is 4.98 Å². The van der Waals surface area contributed by atoms with Crippen molar-refractivity contribution in [3.8, 4) is 0 Å². The number of aromatic nitrogens is 1. The zero-order valence-electron chi connectivity index (χ0n) is 7.91. The van der Waals surface area contributed by atoms with Gasteiger partial charge >= 0.3 is 0 Å². The molecule has 72 valence electrons. The molecule has 0 saturated heterocycles. The highest BCUT2D eigenvalue weighted by Crippen LogP contribution is 2.22. The molecule has 13 heavy (non-hydrogen) atoms. The number of nitrogens with zero attached hydrogens (tertiary/aromatic N) is 1. The van der Waals surface area contributed by atoms with Gasteiger partial charge in [-0.1, -0.05) is 0 Å². The van der Waals surface area contributed by atoms with Crippen molar-refractivity contribution in [3.05, 3.63) is 17.8 Å². The minimum Gasteiger partial charge on any atom is -0.397 e. The molecule has 1 aromatic rings. The van der Waals surface area contributed by atoms with Gasteiger partial charge in [0.25, 0.3) is 0 Å². The normalized spacial score (nSPS) is 10.3. The highest BCUT2D eigenvalue weighted by molar-refractivity contribution is 7.99. The Morgan fingerprint density at radius 2 is 2.31 bits per heavy atom. The number of nitrogen functional groups attached to an aromatic ring is 1. The van der Waals surface area contributed by atoms with Gasteiger partial charge in [-0.15, -0.1) is 11.8 Å². The number of thioether (sulfide) groups is 1. The van der Waals surface area contributed by atoms with Crippen LogP contribution in [0, 0.1) is 6.92 Å². The van der Waals surface area contributed by atoms with Crippen LogP contribution in [0.1, 0.15) is 5.69 Å². The third kappa shape index (κ3) is 3.24. The molecule has 0 aromatic carbocycles. The van der Waals surface area contributed by atoms with Crippen LogP contribution in [-0.4, -0.2) is 24.5 Å². The quantitative estimate of drug-likeness (QED) is 0.591. The summed E-state index contributed by atoms with van der Waals surface area (Å²) in [5, 5.41) is 0.900. The lowest BCUT2D eigenvalue weighted by Crippen LogP contribution is -1.97. The van der Waals surface area contributed by atoms with Gasteiger partial charge < -0.3 is 10.5 Å². The van der Waals surface area contributed by atoms with E-state index in [4.69, 9.17) is 10.5 Å². The molecule has 0 radical (unpaired) electrons. The largest absolute Gasteiger partial charge is 0.397 e. The van der Waals surface area contributed by atoms with Gasteiger partial charge in [0.2, 0.25) is 0 Å². The van der Waals surface area contributed by atoms with Crippen LogP contribution in [0.4, 0.5) is 5.69 Å². The van der Waals surface area contributed by atoms with E-state index in [1.165, 1.54) is 0 Å². The van der Waals surface area contributed by atoms with E-state index in [0.717, 1.165) is 28.8 Å². The molecule has 0 aliphatic heterocycles. The lowest BCUT2D eigenvalue weighted by molar-refractivity contribution is 0.218. The van der Waals surface area contributed by atoms with E-state index in [0.29, 0.717) is 0 Å². The third-order valence-corrected chi connectivity index (χ3v) is 2.53. The molecule has 1 heterocycles. The van der Waals surface area contributed by atoms with Gasteiger partial charge in [0, 0.05) is 18.6 Å². The van der Waals surface area contributed by atoms with Crippen LogP contribution in [0.15, 0.2) is 17.2 Å². The topological polar surface area (TPSA) is 48.1 Å². The number of ether oxygens (including phenoxy) is 1. The van der Waals surface area contributed by atoms with Gasteiger partial charge in [0.15, 0.2) is 0 Å². The fourth-order valence-electron chi connectivity index (χ4n) is 0.881. The number of methoxy groups -OCH3 is 1. The Bertz CT molecular complexity index is 278. The average Bonchev–Trinajstić information content (AvgIpc) is 2.11. The van der Waals surface area contributed by atoms with Crippen molar-refractivity contribution in [2.24, 2.45) is 0 Å². The van der Waals surface area contributed by atoms with Gasteiger partial charge in [-0.05, 0) is 19.1 Å². The summed E-state index contributed by atoms with van der Waals surface area (Å²) in [4.78, 5) is 4.33. The Morgan fingerprint density at radius 3 is 3.00 bits per heavy atom. The van der Waals surface area contributed by atoms with Crippen molar-refractivity contribution in [2.75, 3.05) is 25.2 Å². The predicted molar refractivity (Wildman–Crippen MR) is 56.0 cm³/mol. The monoisotopic (exact) mass is 198 g/mol. The molecule has 0 amide bonds. The van der Waals surface area contributed by atoms with E-state index in [2.05, 4.69) is 4.98 Å². The van der Waals surface area contributed by atoms with E-state index in [1.54, 1.807) is 18.9 Å². The van der Waals surface area contributed by atoms with Crippen LogP contribution >= 0.6 is 11.8 Å². The maximum atomic E-state index is 5.75. The first-order chi connectivity index (χ1) is 6.24. The molecule has 0 atom stereocenters. The highest BCUT2D eigenvalue weighted by atomic mass is 32.2. The second-order valence-electron chi connectivity index (χ2n) is 2.69. The van der Waals surface area contributed by atoms with E-state index in [-0.39, 0.29) is 0 Å². The van der Waals surface area contributed by atoms with Crippen LogP contribution in [-0.2, 0) is 4.74 Å². The Kier molecular flexibility index (Phi) is 4.05. The summed E-state index contributed by atoms with van der Waals surface area (Å²) in [6.07, 6.45) is 0. The summed E-state index contributed by atoms with van der Waals surface area (Å²) in [6.45, 7) is 2.68. The van der Waals surface area contributed by atoms with Crippen LogP contribution in [0.3, 0.4) is 0 Å². The molecule has 1 rings (SSSR count). The molecule has 4 heteroatoms. The molecule has 0 unspecified atom stereocenters. The Hall–Kier alpha value is -0.740. The van der Waals surface area contributed by atoms with Crippen molar-refractivity contribution in [3.63, 3.8) is 0 Å². The Labute approximate surface area is 82.7 Å². The first kappa shape index (κ1) is 10.3. The van der Waals surface area contributed by atoms with Gasteiger partial charge in [0.1, 0.15) is 5.03 Å². The summed E-state index contributed by atoms with van der Waals surface area (Å²) in [6, 6.07) is 3.80. The second-order valence-corrected chi connectivity index (χ2v) is 3.77. The van der Waals surface area contributed by atoms with Crippen molar-refractivity contribution in [1.82, 2.24) is 4.98 Å². The fourth-order valence-corrected chi connectivity index (χ4v) is 1.77. The first-order valence-corrected chi connectivity index (χ1v) is 5.07. The molecule has 0 bridgehead atoms. The lowest BCUT2D eigenvalue weighted by Gasteiger charge is -2.04.